The molecule has 0 fully saturated rings. The molecule has 8 nitrogen and oxygen atoms in total. The molecule has 0 bridgehead atoms. The van der Waals surface area contributed by atoms with Crippen molar-refractivity contribution in [3.05, 3.63) is 43.2 Å². The number of sulfonamides is 1. The molecule has 0 aliphatic carbocycles. The maximum absolute atomic E-state index is 12.4. The summed E-state index contributed by atoms with van der Waals surface area (Å²) in [5, 5.41) is 4.07. The maximum Gasteiger partial charge on any atom is 0.258 e. The molecule has 9 heteroatoms. The second kappa shape index (κ2) is 5.26. The van der Waals surface area contributed by atoms with Crippen LogP contribution in [0.2, 0.25) is 0 Å². The topological polar surface area (TPSA) is 94.2 Å². The van der Waals surface area contributed by atoms with Crippen LogP contribution in [0.4, 0.5) is 0 Å². The van der Waals surface area contributed by atoms with Crippen LogP contribution in [0.25, 0.3) is 5.65 Å². The molecule has 3 aromatic heterocycles. The number of aromatic nitrogens is 5. The highest BCUT2D eigenvalue weighted by atomic mass is 32.2. The van der Waals surface area contributed by atoms with E-state index in [0.29, 0.717) is 12.2 Å². The Morgan fingerprint density at radius 2 is 2.24 bits per heavy atom. The Balaban J connectivity index is 1.83. The van der Waals surface area contributed by atoms with Crippen LogP contribution < -0.4 is 4.72 Å². The van der Waals surface area contributed by atoms with Gasteiger partial charge in [-0.2, -0.15) is 5.10 Å². The smallest absolute Gasteiger partial charge is 0.258 e. The van der Waals surface area contributed by atoms with Crippen molar-refractivity contribution in [3.63, 3.8) is 0 Å². The molecule has 1 atom stereocenters. The standard InChI is InChI=1S/C12H14N6O2S/c1-10(7-17-9-13-8-15-17)16-21(19,20)12-6-14-11-4-2-3-5-18(11)12/h2-6,8-10,16H,7H2,1H3. The summed E-state index contributed by atoms with van der Waals surface area (Å²) in [7, 11) is -3.66. The van der Waals surface area contributed by atoms with Gasteiger partial charge in [-0.15, -0.1) is 0 Å². The Morgan fingerprint density at radius 1 is 1.38 bits per heavy atom. The van der Waals surface area contributed by atoms with Gasteiger partial charge in [0.05, 0.1) is 12.7 Å². The number of rotatable bonds is 5. The summed E-state index contributed by atoms with van der Waals surface area (Å²) in [6.45, 7) is 2.17. The molecule has 0 spiro atoms. The third-order valence-corrected chi connectivity index (χ3v) is 4.51. The van der Waals surface area contributed by atoms with Crippen LogP contribution in [0.3, 0.4) is 0 Å². The average molecular weight is 306 g/mol. The third kappa shape index (κ3) is 2.78. The predicted molar refractivity (Wildman–Crippen MR) is 75.0 cm³/mol. The van der Waals surface area contributed by atoms with Gasteiger partial charge >= 0.3 is 0 Å². The van der Waals surface area contributed by atoms with Crippen LogP contribution in [0.5, 0.6) is 0 Å². The van der Waals surface area contributed by atoms with Crippen molar-refractivity contribution in [2.75, 3.05) is 0 Å². The number of fused-ring (bicyclic) bond motifs is 1. The Labute approximate surface area is 121 Å². The van der Waals surface area contributed by atoms with E-state index in [2.05, 4.69) is 19.8 Å². The summed E-state index contributed by atoms with van der Waals surface area (Å²) in [4.78, 5) is 7.91. The first-order valence-corrected chi connectivity index (χ1v) is 7.81. The molecule has 3 rings (SSSR count). The number of nitrogens with zero attached hydrogens (tertiary/aromatic N) is 5. The van der Waals surface area contributed by atoms with Crippen LogP contribution in [0.1, 0.15) is 6.92 Å². The Kier molecular flexibility index (Phi) is 3.43. The quantitative estimate of drug-likeness (QED) is 0.731. The third-order valence-electron chi connectivity index (χ3n) is 2.94. The summed E-state index contributed by atoms with van der Waals surface area (Å²) in [6, 6.07) is 4.98. The lowest BCUT2D eigenvalue weighted by molar-refractivity contribution is 0.491. The number of hydrogen-bond donors (Lipinski definition) is 1. The predicted octanol–water partition coefficient (Wildman–Crippen LogP) is 0.293. The molecule has 1 N–H and O–H groups in total. The van der Waals surface area contributed by atoms with Gasteiger partial charge < -0.3 is 0 Å². The minimum absolute atomic E-state index is 0.114. The summed E-state index contributed by atoms with van der Waals surface area (Å²) in [5.41, 5.74) is 0.585. The first kappa shape index (κ1) is 13.7. The van der Waals surface area contributed by atoms with Crippen molar-refractivity contribution in [2.24, 2.45) is 0 Å². The van der Waals surface area contributed by atoms with E-state index in [1.54, 1.807) is 42.3 Å². The first-order chi connectivity index (χ1) is 10.1. The molecular formula is C12H14N6O2S. The molecule has 0 saturated heterocycles. The van der Waals surface area contributed by atoms with Gasteiger partial charge in [-0.05, 0) is 19.1 Å². The number of nitrogens with one attached hydrogen (secondary N) is 1. The largest absolute Gasteiger partial charge is 0.289 e. The Morgan fingerprint density at radius 3 is 3.00 bits per heavy atom. The van der Waals surface area contributed by atoms with Crippen molar-refractivity contribution in [1.82, 2.24) is 28.9 Å². The van der Waals surface area contributed by atoms with E-state index in [4.69, 9.17) is 0 Å². The molecule has 0 aliphatic rings. The molecule has 0 aromatic carbocycles. The van der Waals surface area contributed by atoms with Crippen LogP contribution in [-0.4, -0.2) is 38.6 Å². The van der Waals surface area contributed by atoms with E-state index < -0.39 is 10.0 Å². The summed E-state index contributed by atoms with van der Waals surface area (Å²) >= 11 is 0. The van der Waals surface area contributed by atoms with Crippen molar-refractivity contribution < 1.29 is 8.42 Å². The molecule has 0 aliphatic heterocycles. The number of hydrogen-bond acceptors (Lipinski definition) is 5. The Bertz CT molecular complexity index is 840. The minimum atomic E-state index is -3.66. The van der Waals surface area contributed by atoms with Gasteiger partial charge in [0, 0.05) is 12.2 Å². The van der Waals surface area contributed by atoms with E-state index in [0.717, 1.165) is 0 Å². The van der Waals surface area contributed by atoms with Crippen molar-refractivity contribution in [2.45, 2.75) is 24.5 Å². The van der Waals surface area contributed by atoms with Gasteiger partial charge in [-0.25, -0.2) is 23.1 Å². The number of imidazole rings is 1. The highest BCUT2D eigenvalue weighted by Gasteiger charge is 2.21. The normalized spacial score (nSPS) is 13.6. The van der Waals surface area contributed by atoms with Gasteiger partial charge in [-0.3, -0.25) is 9.08 Å². The molecule has 0 amide bonds. The zero-order valence-electron chi connectivity index (χ0n) is 11.3. The van der Waals surface area contributed by atoms with Crippen molar-refractivity contribution in [1.29, 1.82) is 0 Å². The lowest BCUT2D eigenvalue weighted by Gasteiger charge is -2.13. The van der Waals surface area contributed by atoms with E-state index in [-0.39, 0.29) is 11.1 Å². The van der Waals surface area contributed by atoms with Crippen molar-refractivity contribution >= 4 is 15.7 Å². The molecule has 1 unspecified atom stereocenters. The highest BCUT2D eigenvalue weighted by Crippen LogP contribution is 2.12. The number of pyridine rings is 1. The molecule has 3 aromatic rings. The molecule has 21 heavy (non-hydrogen) atoms. The zero-order valence-corrected chi connectivity index (χ0v) is 12.1. The van der Waals surface area contributed by atoms with Crippen LogP contribution in [0, 0.1) is 0 Å². The molecule has 110 valence electrons. The maximum atomic E-state index is 12.4. The highest BCUT2D eigenvalue weighted by molar-refractivity contribution is 7.89. The van der Waals surface area contributed by atoms with E-state index in [9.17, 15) is 8.42 Å². The SMILES string of the molecule is CC(Cn1cncn1)NS(=O)(=O)c1cnc2ccccn12. The van der Waals surface area contributed by atoms with Crippen LogP contribution in [-0.2, 0) is 16.6 Å². The summed E-state index contributed by atoms with van der Waals surface area (Å²) in [5.74, 6) is 0. The van der Waals surface area contributed by atoms with Crippen LogP contribution in [0.15, 0.2) is 48.3 Å². The molecule has 0 radical (unpaired) electrons. The monoisotopic (exact) mass is 306 g/mol. The van der Waals surface area contributed by atoms with E-state index in [1.807, 2.05) is 0 Å². The molecular weight excluding hydrogens is 292 g/mol. The zero-order chi connectivity index (χ0) is 14.9. The minimum Gasteiger partial charge on any atom is -0.289 e. The van der Waals surface area contributed by atoms with Gasteiger partial charge in [0.25, 0.3) is 10.0 Å². The van der Waals surface area contributed by atoms with Gasteiger partial charge in [0.15, 0.2) is 5.03 Å². The summed E-state index contributed by atoms with van der Waals surface area (Å²) in [6.07, 6.45) is 5.96. The van der Waals surface area contributed by atoms with Crippen LogP contribution >= 0.6 is 0 Å². The van der Waals surface area contributed by atoms with E-state index in [1.165, 1.54) is 16.9 Å². The van der Waals surface area contributed by atoms with Gasteiger partial charge in [-0.1, -0.05) is 6.07 Å². The Hall–Kier alpha value is -2.26. The first-order valence-electron chi connectivity index (χ1n) is 6.33. The molecule has 3 heterocycles. The fourth-order valence-electron chi connectivity index (χ4n) is 2.08. The summed E-state index contributed by atoms with van der Waals surface area (Å²) < 4.78 is 30.6. The van der Waals surface area contributed by atoms with Gasteiger partial charge in [0.2, 0.25) is 0 Å². The fraction of sp³-hybridized carbons (Fsp3) is 0.250. The van der Waals surface area contributed by atoms with Gasteiger partial charge in [0.1, 0.15) is 18.3 Å². The molecule has 0 saturated carbocycles. The lowest BCUT2D eigenvalue weighted by atomic mass is 10.4. The fourth-order valence-corrected chi connectivity index (χ4v) is 3.41. The second-order valence-electron chi connectivity index (χ2n) is 4.67. The lowest BCUT2D eigenvalue weighted by Crippen LogP contribution is -2.36. The van der Waals surface area contributed by atoms with E-state index >= 15 is 0 Å². The van der Waals surface area contributed by atoms with Crippen molar-refractivity contribution in [3.8, 4) is 0 Å². The average Bonchev–Trinajstić information content (AvgIpc) is 3.06. The second-order valence-corrected chi connectivity index (χ2v) is 6.33.